The van der Waals surface area contributed by atoms with E-state index in [-0.39, 0.29) is 6.04 Å². The van der Waals surface area contributed by atoms with Gasteiger partial charge in [-0.3, -0.25) is 0 Å². The van der Waals surface area contributed by atoms with Gasteiger partial charge in [0, 0.05) is 13.1 Å². The first-order valence-corrected chi connectivity index (χ1v) is 7.20. The van der Waals surface area contributed by atoms with Gasteiger partial charge in [-0.1, -0.05) is 42.5 Å². The molecule has 1 atom stereocenters. The fraction of sp³-hybridized carbons (Fsp3) is 0.235. The summed E-state index contributed by atoms with van der Waals surface area (Å²) in [5.41, 5.74) is 1.82. The van der Waals surface area contributed by atoms with Gasteiger partial charge in [-0.15, -0.1) is 0 Å². The summed E-state index contributed by atoms with van der Waals surface area (Å²) in [7, 11) is 0. The molecule has 0 aromatic heterocycles. The number of carboxylic acid groups (broad SMARTS) is 1. The van der Waals surface area contributed by atoms with Crippen LogP contribution in [0.5, 0.6) is 5.75 Å². The van der Waals surface area contributed by atoms with Crippen molar-refractivity contribution in [2.24, 2.45) is 0 Å². The van der Waals surface area contributed by atoms with Gasteiger partial charge < -0.3 is 24.9 Å². The van der Waals surface area contributed by atoms with Gasteiger partial charge in [-0.05, 0) is 17.7 Å². The number of benzene rings is 2. The molecular weight excluding hydrogens is 280 g/mol. The molecule has 1 heterocycles. The molecule has 1 amide bonds. The summed E-state index contributed by atoms with van der Waals surface area (Å²) in [6, 6.07) is 17.0. The van der Waals surface area contributed by atoms with Crippen molar-refractivity contribution in [3.05, 3.63) is 60.2 Å². The molecule has 1 unspecified atom stereocenters. The van der Waals surface area contributed by atoms with E-state index in [2.05, 4.69) is 5.32 Å². The van der Waals surface area contributed by atoms with Crippen molar-refractivity contribution in [3.63, 3.8) is 0 Å². The normalized spacial score (nSPS) is 16.1. The summed E-state index contributed by atoms with van der Waals surface area (Å²) in [5.74, 6) is 0.793. The standard InChI is InChI=1S/C17H18N2O3/c20-17(21)19(10-13-6-2-1-3-7-13)11-14-12-22-16-9-5-4-8-15(16)18-14/h1-9,14,18H,10-12H2,(H,20,21)/p-1. The van der Waals surface area contributed by atoms with Crippen LogP contribution in [-0.4, -0.2) is 30.2 Å². The molecule has 2 aromatic rings. The number of carbonyl (C=O) groups excluding carboxylic acids is 1. The van der Waals surface area contributed by atoms with Gasteiger partial charge in [0.1, 0.15) is 18.4 Å². The zero-order valence-corrected chi connectivity index (χ0v) is 12.1. The largest absolute Gasteiger partial charge is 0.530 e. The van der Waals surface area contributed by atoms with E-state index in [1.165, 1.54) is 4.90 Å². The fourth-order valence-corrected chi connectivity index (χ4v) is 2.54. The Morgan fingerprint density at radius 3 is 2.68 bits per heavy atom. The maximum atomic E-state index is 11.4. The maximum absolute atomic E-state index is 11.4. The predicted molar refractivity (Wildman–Crippen MR) is 81.6 cm³/mol. The number of hydrogen-bond donors (Lipinski definition) is 1. The quantitative estimate of drug-likeness (QED) is 0.933. The molecule has 0 fully saturated rings. The third-order valence-corrected chi connectivity index (χ3v) is 3.60. The van der Waals surface area contributed by atoms with Crippen molar-refractivity contribution in [3.8, 4) is 5.75 Å². The van der Waals surface area contributed by atoms with Crippen molar-refractivity contribution in [1.29, 1.82) is 0 Å². The number of rotatable bonds is 4. The first kappa shape index (κ1) is 14.3. The SMILES string of the molecule is O=C([O-])N(Cc1ccccc1)CC1COc2ccccc2N1. The lowest BCUT2D eigenvalue weighted by Gasteiger charge is -2.33. The minimum Gasteiger partial charge on any atom is -0.530 e. The summed E-state index contributed by atoms with van der Waals surface area (Å²) in [4.78, 5) is 12.7. The van der Waals surface area contributed by atoms with Gasteiger partial charge in [0.05, 0.1) is 11.7 Å². The third kappa shape index (κ3) is 3.31. The smallest absolute Gasteiger partial charge is 0.142 e. The van der Waals surface area contributed by atoms with Crippen molar-refractivity contribution >= 4 is 11.8 Å². The molecule has 114 valence electrons. The van der Waals surface area contributed by atoms with Crippen LogP contribution in [0.1, 0.15) is 5.56 Å². The highest BCUT2D eigenvalue weighted by Gasteiger charge is 2.21. The molecule has 0 bridgehead atoms. The lowest BCUT2D eigenvalue weighted by Crippen LogP contribution is -2.48. The van der Waals surface area contributed by atoms with Crippen LogP contribution in [0.3, 0.4) is 0 Å². The van der Waals surface area contributed by atoms with Crippen LogP contribution >= 0.6 is 0 Å². The van der Waals surface area contributed by atoms with E-state index >= 15 is 0 Å². The first-order valence-electron chi connectivity index (χ1n) is 7.20. The summed E-state index contributed by atoms with van der Waals surface area (Å²) in [5, 5.41) is 14.7. The monoisotopic (exact) mass is 297 g/mol. The number of ether oxygens (including phenoxy) is 1. The summed E-state index contributed by atoms with van der Waals surface area (Å²) < 4.78 is 5.66. The topological polar surface area (TPSA) is 64.6 Å². The molecule has 3 rings (SSSR count). The van der Waals surface area contributed by atoms with Crippen LogP contribution in [-0.2, 0) is 6.54 Å². The second-order valence-electron chi connectivity index (χ2n) is 5.28. The minimum atomic E-state index is -1.18. The van der Waals surface area contributed by atoms with Gasteiger partial charge >= 0.3 is 0 Å². The van der Waals surface area contributed by atoms with E-state index in [1.807, 2.05) is 54.6 Å². The van der Waals surface area contributed by atoms with Crippen LogP contribution in [0.2, 0.25) is 0 Å². The molecule has 1 aliphatic heterocycles. The van der Waals surface area contributed by atoms with E-state index < -0.39 is 6.09 Å². The molecule has 5 heteroatoms. The van der Waals surface area contributed by atoms with Crippen molar-refractivity contribution in [2.75, 3.05) is 18.5 Å². The molecule has 0 spiro atoms. The van der Waals surface area contributed by atoms with Gasteiger partial charge in [0.15, 0.2) is 0 Å². The first-order chi connectivity index (χ1) is 10.7. The average Bonchev–Trinajstić information content (AvgIpc) is 2.55. The number of carbonyl (C=O) groups is 1. The number of fused-ring (bicyclic) bond motifs is 1. The molecule has 2 aromatic carbocycles. The van der Waals surface area contributed by atoms with Crippen molar-refractivity contribution < 1.29 is 14.6 Å². The Morgan fingerprint density at radius 2 is 1.91 bits per heavy atom. The second-order valence-corrected chi connectivity index (χ2v) is 5.28. The molecular formula is C17H17N2O3-. The minimum absolute atomic E-state index is 0.100. The van der Waals surface area contributed by atoms with E-state index in [4.69, 9.17) is 4.74 Å². The lowest BCUT2D eigenvalue weighted by molar-refractivity contribution is -0.266. The molecule has 5 nitrogen and oxygen atoms in total. The van der Waals surface area contributed by atoms with Gasteiger partial charge in [0.2, 0.25) is 0 Å². The Bertz CT molecular complexity index is 645. The molecule has 22 heavy (non-hydrogen) atoms. The van der Waals surface area contributed by atoms with E-state index in [0.717, 1.165) is 17.0 Å². The van der Waals surface area contributed by atoms with E-state index in [9.17, 15) is 9.90 Å². The Morgan fingerprint density at radius 1 is 1.18 bits per heavy atom. The average molecular weight is 297 g/mol. The fourth-order valence-electron chi connectivity index (χ4n) is 2.54. The van der Waals surface area contributed by atoms with Crippen LogP contribution in [0, 0.1) is 0 Å². The van der Waals surface area contributed by atoms with Crippen molar-refractivity contribution in [2.45, 2.75) is 12.6 Å². The number of amides is 1. The Labute approximate surface area is 129 Å². The molecule has 0 saturated carbocycles. The molecule has 1 aliphatic rings. The summed E-state index contributed by atoms with van der Waals surface area (Å²) >= 11 is 0. The Hall–Kier alpha value is -2.69. The molecule has 1 N–H and O–H groups in total. The van der Waals surface area contributed by atoms with Gasteiger partial charge in [-0.25, -0.2) is 0 Å². The summed E-state index contributed by atoms with van der Waals surface area (Å²) in [6.45, 7) is 1.05. The van der Waals surface area contributed by atoms with Crippen LogP contribution < -0.4 is 15.2 Å². The van der Waals surface area contributed by atoms with Gasteiger partial charge in [-0.2, -0.15) is 0 Å². The zero-order chi connectivity index (χ0) is 15.4. The van der Waals surface area contributed by atoms with E-state index in [0.29, 0.717) is 19.7 Å². The number of para-hydroxylation sites is 2. The highest BCUT2D eigenvalue weighted by atomic mass is 16.5. The second kappa shape index (κ2) is 6.39. The van der Waals surface area contributed by atoms with Crippen LogP contribution in [0.15, 0.2) is 54.6 Å². The number of anilines is 1. The number of nitrogens with zero attached hydrogens (tertiary/aromatic N) is 1. The maximum Gasteiger partial charge on any atom is 0.142 e. The molecule has 0 aliphatic carbocycles. The van der Waals surface area contributed by atoms with Crippen LogP contribution in [0.4, 0.5) is 10.5 Å². The van der Waals surface area contributed by atoms with Crippen molar-refractivity contribution in [1.82, 2.24) is 4.90 Å². The number of hydrogen-bond acceptors (Lipinski definition) is 4. The predicted octanol–water partition coefficient (Wildman–Crippen LogP) is 1.70. The third-order valence-electron chi connectivity index (χ3n) is 3.60. The highest BCUT2D eigenvalue weighted by Crippen LogP contribution is 2.28. The van der Waals surface area contributed by atoms with Crippen LogP contribution in [0.25, 0.3) is 0 Å². The Kier molecular flexibility index (Phi) is 4.14. The van der Waals surface area contributed by atoms with E-state index in [1.54, 1.807) is 0 Å². The lowest BCUT2D eigenvalue weighted by atomic mass is 10.1. The molecule has 0 saturated heterocycles. The number of nitrogens with one attached hydrogen (secondary N) is 1. The van der Waals surface area contributed by atoms with Gasteiger partial charge in [0.25, 0.3) is 0 Å². The zero-order valence-electron chi connectivity index (χ0n) is 12.1. The molecule has 0 radical (unpaired) electrons. The highest BCUT2D eigenvalue weighted by molar-refractivity contribution is 5.63. The Balaban J connectivity index is 1.66. The summed E-state index contributed by atoms with van der Waals surface area (Å²) in [6.07, 6.45) is -1.18.